The van der Waals surface area contributed by atoms with Gasteiger partial charge in [-0.2, -0.15) is 0 Å². The molecule has 0 aliphatic heterocycles. The summed E-state index contributed by atoms with van der Waals surface area (Å²) < 4.78 is 27.3. The largest absolute Gasteiger partial charge is 0.389 e. The van der Waals surface area contributed by atoms with Crippen LogP contribution in [-0.4, -0.2) is 13.4 Å². The van der Waals surface area contributed by atoms with Crippen molar-refractivity contribution in [1.29, 1.82) is 0 Å². The second kappa shape index (κ2) is 5.83. The fourth-order valence-electron chi connectivity index (χ4n) is 1.93. The van der Waals surface area contributed by atoms with Gasteiger partial charge in [0.25, 0.3) is 10.0 Å². The fraction of sp³-hybridized carbons (Fsp3) is 0.133. The summed E-state index contributed by atoms with van der Waals surface area (Å²) in [6.45, 7) is 3.82. The summed E-state index contributed by atoms with van der Waals surface area (Å²) in [5, 5.41) is 0. The van der Waals surface area contributed by atoms with Gasteiger partial charge in [-0.05, 0) is 37.6 Å². The van der Waals surface area contributed by atoms with Crippen molar-refractivity contribution >= 4 is 32.9 Å². The SMILES string of the molecule is Cc1ccc(NS(=O)(=O)c2ccc(C(N)=S)cc2)c(C)c1. The van der Waals surface area contributed by atoms with Crippen LogP contribution in [0.2, 0.25) is 0 Å². The first-order valence-electron chi connectivity index (χ1n) is 6.29. The summed E-state index contributed by atoms with van der Waals surface area (Å²) in [7, 11) is -3.63. The molecule has 21 heavy (non-hydrogen) atoms. The van der Waals surface area contributed by atoms with Crippen LogP contribution >= 0.6 is 12.2 Å². The van der Waals surface area contributed by atoms with Crippen molar-refractivity contribution in [3.05, 3.63) is 59.2 Å². The Morgan fingerprint density at radius 3 is 2.24 bits per heavy atom. The highest BCUT2D eigenvalue weighted by Gasteiger charge is 2.15. The van der Waals surface area contributed by atoms with Gasteiger partial charge in [0.1, 0.15) is 4.99 Å². The Bertz CT molecular complexity index is 782. The van der Waals surface area contributed by atoms with Crippen LogP contribution in [0.3, 0.4) is 0 Å². The van der Waals surface area contributed by atoms with Gasteiger partial charge < -0.3 is 5.73 Å². The van der Waals surface area contributed by atoms with E-state index >= 15 is 0 Å². The summed E-state index contributed by atoms with van der Waals surface area (Å²) in [4.78, 5) is 0.406. The molecule has 4 nitrogen and oxygen atoms in total. The van der Waals surface area contributed by atoms with Crippen molar-refractivity contribution in [2.45, 2.75) is 18.7 Å². The van der Waals surface area contributed by atoms with Crippen molar-refractivity contribution in [2.75, 3.05) is 4.72 Å². The molecule has 2 rings (SSSR count). The van der Waals surface area contributed by atoms with Crippen molar-refractivity contribution < 1.29 is 8.42 Å². The van der Waals surface area contributed by atoms with E-state index in [1.165, 1.54) is 12.1 Å². The third-order valence-corrected chi connectivity index (χ3v) is 4.69. The number of thiocarbonyl (C=S) groups is 1. The highest BCUT2D eigenvalue weighted by Crippen LogP contribution is 2.21. The smallest absolute Gasteiger partial charge is 0.261 e. The van der Waals surface area contributed by atoms with Crippen LogP contribution in [0.25, 0.3) is 0 Å². The Hall–Kier alpha value is -1.92. The molecule has 0 aliphatic rings. The number of rotatable bonds is 4. The van der Waals surface area contributed by atoms with Crippen LogP contribution in [0.4, 0.5) is 5.69 Å². The monoisotopic (exact) mass is 320 g/mol. The zero-order valence-corrected chi connectivity index (χ0v) is 13.4. The number of anilines is 1. The van der Waals surface area contributed by atoms with Crippen LogP contribution < -0.4 is 10.5 Å². The lowest BCUT2D eigenvalue weighted by Crippen LogP contribution is -2.15. The molecule has 2 aromatic rings. The van der Waals surface area contributed by atoms with Gasteiger partial charge in [0.2, 0.25) is 0 Å². The van der Waals surface area contributed by atoms with Gasteiger partial charge in [0, 0.05) is 5.56 Å². The summed E-state index contributed by atoms with van der Waals surface area (Å²) >= 11 is 4.85. The standard InChI is InChI=1S/C15H16N2O2S2/c1-10-3-8-14(11(2)9-10)17-21(18,19)13-6-4-12(5-7-13)15(16)20/h3-9,17H,1-2H3,(H2,16,20). The second-order valence-corrected chi connectivity index (χ2v) is 6.93. The molecule has 0 atom stereocenters. The fourth-order valence-corrected chi connectivity index (χ4v) is 3.20. The van der Waals surface area contributed by atoms with Crippen LogP contribution in [0.5, 0.6) is 0 Å². The molecule has 0 saturated carbocycles. The van der Waals surface area contributed by atoms with E-state index in [-0.39, 0.29) is 9.88 Å². The molecule has 0 radical (unpaired) electrons. The first-order valence-corrected chi connectivity index (χ1v) is 8.19. The number of benzene rings is 2. The highest BCUT2D eigenvalue weighted by atomic mass is 32.2. The lowest BCUT2D eigenvalue weighted by Gasteiger charge is -2.11. The number of hydrogen-bond donors (Lipinski definition) is 2. The van der Waals surface area contributed by atoms with Gasteiger partial charge in [0.15, 0.2) is 0 Å². The predicted octanol–water partition coefficient (Wildman–Crippen LogP) is 2.74. The van der Waals surface area contributed by atoms with E-state index in [9.17, 15) is 8.42 Å². The highest BCUT2D eigenvalue weighted by molar-refractivity contribution is 7.92. The van der Waals surface area contributed by atoms with E-state index in [1.807, 2.05) is 26.0 Å². The molecule has 0 amide bonds. The maximum atomic E-state index is 12.3. The minimum atomic E-state index is -3.63. The van der Waals surface area contributed by atoms with E-state index in [1.54, 1.807) is 18.2 Å². The van der Waals surface area contributed by atoms with Crippen molar-refractivity contribution in [3.63, 3.8) is 0 Å². The molecule has 0 unspecified atom stereocenters. The number of nitrogens with one attached hydrogen (secondary N) is 1. The normalized spacial score (nSPS) is 11.1. The van der Waals surface area contributed by atoms with E-state index in [2.05, 4.69) is 4.72 Å². The molecule has 0 fully saturated rings. The summed E-state index contributed by atoms with van der Waals surface area (Å²) in [5.74, 6) is 0. The average Bonchev–Trinajstić information content (AvgIpc) is 2.42. The number of hydrogen-bond acceptors (Lipinski definition) is 3. The first kappa shape index (κ1) is 15.5. The van der Waals surface area contributed by atoms with Crippen LogP contribution in [0.1, 0.15) is 16.7 Å². The molecular weight excluding hydrogens is 304 g/mol. The lowest BCUT2D eigenvalue weighted by molar-refractivity contribution is 0.601. The summed E-state index contributed by atoms with van der Waals surface area (Å²) in [6.07, 6.45) is 0. The molecule has 3 N–H and O–H groups in total. The van der Waals surface area contributed by atoms with E-state index in [0.717, 1.165) is 11.1 Å². The maximum absolute atomic E-state index is 12.3. The number of aryl methyl sites for hydroxylation is 2. The van der Waals surface area contributed by atoms with Gasteiger partial charge in [-0.25, -0.2) is 8.42 Å². The van der Waals surface area contributed by atoms with E-state index < -0.39 is 10.0 Å². The molecular formula is C15H16N2O2S2. The lowest BCUT2D eigenvalue weighted by atomic mass is 10.1. The van der Waals surface area contributed by atoms with Gasteiger partial charge in [-0.15, -0.1) is 0 Å². The van der Waals surface area contributed by atoms with Crippen LogP contribution in [0, 0.1) is 13.8 Å². The minimum absolute atomic E-state index is 0.169. The molecule has 6 heteroatoms. The Labute approximate surface area is 130 Å². The van der Waals surface area contributed by atoms with Crippen molar-refractivity contribution in [2.24, 2.45) is 5.73 Å². The maximum Gasteiger partial charge on any atom is 0.261 e. The molecule has 0 spiro atoms. The Morgan fingerprint density at radius 1 is 1.10 bits per heavy atom. The number of nitrogens with two attached hydrogens (primary N) is 1. The Kier molecular flexibility index (Phi) is 4.29. The third-order valence-electron chi connectivity index (χ3n) is 3.08. The quantitative estimate of drug-likeness (QED) is 0.850. The second-order valence-electron chi connectivity index (χ2n) is 4.81. The summed E-state index contributed by atoms with van der Waals surface area (Å²) in [5.41, 5.74) is 8.65. The predicted molar refractivity (Wildman–Crippen MR) is 89.1 cm³/mol. The van der Waals surface area contributed by atoms with Gasteiger partial charge >= 0.3 is 0 Å². The van der Waals surface area contributed by atoms with E-state index in [0.29, 0.717) is 11.3 Å². The zero-order valence-electron chi connectivity index (χ0n) is 11.8. The molecule has 0 aliphatic carbocycles. The number of sulfonamides is 1. The van der Waals surface area contributed by atoms with Gasteiger partial charge in [-0.1, -0.05) is 42.0 Å². The first-order chi connectivity index (χ1) is 9.79. The molecule has 0 saturated heterocycles. The van der Waals surface area contributed by atoms with Crippen molar-refractivity contribution in [3.8, 4) is 0 Å². The molecule has 0 bridgehead atoms. The zero-order chi connectivity index (χ0) is 15.6. The van der Waals surface area contributed by atoms with Crippen molar-refractivity contribution in [1.82, 2.24) is 0 Å². The third kappa shape index (κ3) is 3.59. The topological polar surface area (TPSA) is 72.2 Å². The Morgan fingerprint density at radius 2 is 1.71 bits per heavy atom. The Balaban J connectivity index is 2.31. The van der Waals surface area contributed by atoms with Crippen LogP contribution in [0.15, 0.2) is 47.4 Å². The van der Waals surface area contributed by atoms with Gasteiger partial charge in [0.05, 0.1) is 10.6 Å². The molecule has 0 aromatic heterocycles. The minimum Gasteiger partial charge on any atom is -0.389 e. The average molecular weight is 320 g/mol. The summed E-state index contributed by atoms with van der Waals surface area (Å²) in [6, 6.07) is 11.7. The molecule has 0 heterocycles. The molecule has 110 valence electrons. The van der Waals surface area contributed by atoms with E-state index in [4.69, 9.17) is 18.0 Å². The molecule has 2 aromatic carbocycles. The van der Waals surface area contributed by atoms with Crippen LogP contribution in [-0.2, 0) is 10.0 Å². The van der Waals surface area contributed by atoms with Gasteiger partial charge in [-0.3, -0.25) is 4.72 Å².